The summed E-state index contributed by atoms with van der Waals surface area (Å²) >= 11 is 2.23. The molecule has 2 heterocycles. The zero-order valence-corrected chi connectivity index (χ0v) is 23.9. The second-order valence-electron chi connectivity index (χ2n) is 8.60. The number of methoxy groups -OCH3 is 1. The third-order valence-electron chi connectivity index (χ3n) is 5.45. The number of nitrogens with zero attached hydrogens (tertiary/aromatic N) is 4. The molecule has 0 aliphatic carbocycles. The van der Waals surface area contributed by atoms with Gasteiger partial charge in [-0.15, -0.1) is 28.1 Å². The smallest absolute Gasteiger partial charge is 0.341 e. The molecular weight excluding hydrogens is 526 g/mol. The monoisotopic (exact) mass is 557 g/mol. The summed E-state index contributed by atoms with van der Waals surface area (Å²) in [6.45, 7) is 9.78. The summed E-state index contributed by atoms with van der Waals surface area (Å²) in [5.41, 5.74) is 1.71. The van der Waals surface area contributed by atoms with Gasteiger partial charge in [-0.05, 0) is 44.0 Å². The lowest BCUT2D eigenvalue weighted by atomic mass is 10.1. The standard InChI is InChI=1S/C26H31N5O5S2/c1-8-12-31-22(17(4)36-18-11-9-10-15(2)13-18)28-29-26(31)37-14-19(32)27-23-20(25(34)35-7)16(3)21(38-23)24(33)30(5)6/h8-11,13,17H,1,12,14H2,2-7H3,(H,27,32). The number of benzene rings is 1. The van der Waals surface area contributed by atoms with E-state index in [0.717, 1.165) is 22.6 Å². The van der Waals surface area contributed by atoms with Crippen LogP contribution in [-0.2, 0) is 16.1 Å². The van der Waals surface area contributed by atoms with Gasteiger partial charge in [0.2, 0.25) is 5.91 Å². The summed E-state index contributed by atoms with van der Waals surface area (Å²) in [5, 5.41) is 12.1. The normalized spacial score (nSPS) is 11.5. The van der Waals surface area contributed by atoms with E-state index in [9.17, 15) is 14.4 Å². The van der Waals surface area contributed by atoms with Crippen LogP contribution in [0.5, 0.6) is 5.75 Å². The molecule has 0 spiro atoms. The van der Waals surface area contributed by atoms with E-state index in [1.807, 2.05) is 42.7 Å². The molecule has 1 unspecified atom stereocenters. The van der Waals surface area contributed by atoms with Gasteiger partial charge < -0.3 is 19.7 Å². The van der Waals surface area contributed by atoms with Crippen LogP contribution in [0.15, 0.2) is 42.1 Å². The number of carbonyl (C=O) groups is 3. The van der Waals surface area contributed by atoms with Gasteiger partial charge in [0.1, 0.15) is 10.8 Å². The average Bonchev–Trinajstić information content (AvgIpc) is 3.42. The largest absolute Gasteiger partial charge is 0.483 e. The van der Waals surface area contributed by atoms with Crippen LogP contribution in [0.1, 0.15) is 50.0 Å². The van der Waals surface area contributed by atoms with Crippen molar-refractivity contribution < 1.29 is 23.9 Å². The van der Waals surface area contributed by atoms with Gasteiger partial charge in [-0.1, -0.05) is 30.0 Å². The Kier molecular flexibility index (Phi) is 9.70. The van der Waals surface area contributed by atoms with Crippen molar-refractivity contribution in [2.24, 2.45) is 0 Å². The second kappa shape index (κ2) is 12.7. The zero-order chi connectivity index (χ0) is 28.0. The number of aryl methyl sites for hydroxylation is 1. The maximum atomic E-state index is 12.9. The van der Waals surface area contributed by atoms with Crippen molar-refractivity contribution in [1.29, 1.82) is 0 Å². The SMILES string of the molecule is C=CCn1c(SCC(=O)Nc2sc(C(=O)N(C)C)c(C)c2C(=O)OC)nnc1C(C)Oc1cccc(C)c1. The van der Waals surface area contributed by atoms with Crippen molar-refractivity contribution in [2.75, 3.05) is 32.3 Å². The number of carbonyl (C=O) groups excluding carboxylic acids is 3. The lowest BCUT2D eigenvalue weighted by Crippen LogP contribution is -2.21. The van der Waals surface area contributed by atoms with Crippen molar-refractivity contribution in [1.82, 2.24) is 19.7 Å². The number of esters is 1. The molecule has 1 N–H and O–H groups in total. The average molecular weight is 558 g/mol. The number of thiophene rings is 1. The number of amides is 2. The Labute approximate surface area is 230 Å². The van der Waals surface area contributed by atoms with E-state index in [0.29, 0.717) is 28.0 Å². The molecule has 10 nitrogen and oxygen atoms in total. The molecule has 0 saturated carbocycles. The van der Waals surface area contributed by atoms with Gasteiger partial charge >= 0.3 is 5.97 Å². The van der Waals surface area contributed by atoms with Crippen LogP contribution in [0.3, 0.4) is 0 Å². The minimum absolute atomic E-state index is 0.00306. The summed E-state index contributed by atoms with van der Waals surface area (Å²) in [5.74, 6) is 0.0554. The van der Waals surface area contributed by atoms with Gasteiger partial charge in [-0.2, -0.15) is 0 Å². The predicted molar refractivity (Wildman–Crippen MR) is 148 cm³/mol. The van der Waals surface area contributed by atoms with Gasteiger partial charge in [0.15, 0.2) is 17.1 Å². The number of hydrogen-bond donors (Lipinski definition) is 1. The highest BCUT2D eigenvalue weighted by Gasteiger charge is 2.27. The number of aromatic nitrogens is 3. The Morgan fingerprint density at radius 3 is 2.63 bits per heavy atom. The highest BCUT2D eigenvalue weighted by molar-refractivity contribution is 7.99. The molecular formula is C26H31N5O5S2. The van der Waals surface area contributed by atoms with E-state index in [1.54, 1.807) is 27.1 Å². The molecule has 3 rings (SSSR count). The molecule has 1 atom stereocenters. The number of thioether (sulfide) groups is 1. The van der Waals surface area contributed by atoms with Crippen molar-refractivity contribution in [2.45, 2.75) is 38.6 Å². The minimum Gasteiger partial charge on any atom is -0.483 e. The van der Waals surface area contributed by atoms with Crippen LogP contribution in [0, 0.1) is 13.8 Å². The third-order valence-corrected chi connectivity index (χ3v) is 7.61. The Morgan fingerprint density at radius 1 is 1.26 bits per heavy atom. The van der Waals surface area contributed by atoms with Crippen LogP contribution in [-0.4, -0.2) is 64.4 Å². The first-order valence-corrected chi connectivity index (χ1v) is 13.5. The lowest BCUT2D eigenvalue weighted by Gasteiger charge is -2.16. The molecule has 0 saturated heterocycles. The van der Waals surface area contributed by atoms with Gasteiger partial charge in [0.25, 0.3) is 5.91 Å². The number of rotatable bonds is 11. The highest BCUT2D eigenvalue weighted by atomic mass is 32.2. The van der Waals surface area contributed by atoms with E-state index in [2.05, 4.69) is 22.1 Å². The fourth-order valence-corrected chi connectivity index (χ4v) is 5.59. The molecule has 2 amide bonds. The van der Waals surface area contributed by atoms with E-state index >= 15 is 0 Å². The molecule has 2 aromatic heterocycles. The molecule has 0 aliphatic rings. The lowest BCUT2D eigenvalue weighted by molar-refractivity contribution is -0.113. The van der Waals surface area contributed by atoms with Crippen LogP contribution in [0.25, 0.3) is 0 Å². The third kappa shape index (κ3) is 6.62. The molecule has 0 aliphatic heterocycles. The number of hydrogen-bond acceptors (Lipinski definition) is 9. The first kappa shape index (κ1) is 28.9. The van der Waals surface area contributed by atoms with Crippen LogP contribution in [0.4, 0.5) is 5.00 Å². The molecule has 3 aromatic rings. The topological polar surface area (TPSA) is 116 Å². The van der Waals surface area contributed by atoms with Crippen LogP contribution >= 0.6 is 23.1 Å². The second-order valence-corrected chi connectivity index (χ2v) is 10.6. The maximum Gasteiger partial charge on any atom is 0.341 e. The van der Waals surface area contributed by atoms with E-state index in [1.165, 1.54) is 23.8 Å². The first-order chi connectivity index (χ1) is 18.1. The Balaban J connectivity index is 1.76. The first-order valence-electron chi connectivity index (χ1n) is 11.7. The van der Waals surface area contributed by atoms with E-state index in [4.69, 9.17) is 9.47 Å². The Morgan fingerprint density at radius 2 is 2.00 bits per heavy atom. The Hall–Kier alpha value is -3.64. The van der Waals surface area contributed by atoms with Gasteiger partial charge in [-0.25, -0.2) is 4.79 Å². The summed E-state index contributed by atoms with van der Waals surface area (Å²) in [4.78, 5) is 39.6. The molecule has 12 heteroatoms. The van der Waals surface area contributed by atoms with Crippen LogP contribution < -0.4 is 10.1 Å². The summed E-state index contributed by atoms with van der Waals surface area (Å²) in [6.07, 6.45) is 1.33. The summed E-state index contributed by atoms with van der Waals surface area (Å²) in [6, 6.07) is 7.73. The quantitative estimate of drug-likeness (QED) is 0.208. The van der Waals surface area contributed by atoms with Crippen molar-refractivity contribution in [3.8, 4) is 5.75 Å². The van der Waals surface area contributed by atoms with Gasteiger partial charge in [0, 0.05) is 20.6 Å². The van der Waals surface area contributed by atoms with Crippen molar-refractivity contribution in [3.63, 3.8) is 0 Å². The van der Waals surface area contributed by atoms with E-state index in [-0.39, 0.29) is 28.1 Å². The fraction of sp³-hybridized carbons (Fsp3) is 0.346. The fourth-order valence-electron chi connectivity index (χ4n) is 3.60. The number of allylic oxidation sites excluding steroid dienone is 1. The van der Waals surface area contributed by atoms with Crippen molar-refractivity contribution in [3.05, 3.63) is 64.3 Å². The maximum absolute atomic E-state index is 12.9. The molecule has 38 heavy (non-hydrogen) atoms. The summed E-state index contributed by atoms with van der Waals surface area (Å²) in [7, 11) is 4.49. The van der Waals surface area contributed by atoms with E-state index < -0.39 is 12.1 Å². The number of ether oxygens (including phenoxy) is 2. The molecule has 0 bridgehead atoms. The van der Waals surface area contributed by atoms with Crippen LogP contribution in [0.2, 0.25) is 0 Å². The summed E-state index contributed by atoms with van der Waals surface area (Å²) < 4.78 is 12.8. The molecule has 0 radical (unpaired) electrons. The van der Waals surface area contributed by atoms with Crippen molar-refractivity contribution >= 4 is 45.9 Å². The molecule has 202 valence electrons. The Bertz CT molecular complexity index is 1350. The highest BCUT2D eigenvalue weighted by Crippen LogP contribution is 2.34. The zero-order valence-electron chi connectivity index (χ0n) is 22.2. The molecule has 0 fully saturated rings. The number of nitrogens with one attached hydrogen (secondary N) is 1. The predicted octanol–water partition coefficient (Wildman–Crippen LogP) is 4.50. The molecule has 1 aromatic carbocycles. The van der Waals surface area contributed by atoms with Gasteiger partial charge in [-0.3, -0.25) is 14.2 Å². The minimum atomic E-state index is -0.627. The number of anilines is 1. The van der Waals surface area contributed by atoms with Gasteiger partial charge in [0.05, 0.1) is 23.3 Å².